The largest absolute Gasteiger partial charge is 0.472 e. The first-order chi connectivity index (χ1) is 11.8. The van der Waals surface area contributed by atoms with Crippen LogP contribution in [0.5, 0.6) is 5.88 Å². The maximum atomic E-state index is 12.7. The standard InChI is InChI=1S/C18H16N4O2/c23-18(13-4-5-15-16(11-13)20-9-8-19-15)22-10-6-14(12-22)24-17-3-1-2-7-21-17/h1-5,7-9,11,14H,6,10,12H2/t14-/m0/s1. The number of rotatable bonds is 3. The molecule has 0 N–H and O–H groups in total. The molecule has 0 radical (unpaired) electrons. The fraction of sp³-hybridized carbons (Fsp3) is 0.222. The predicted octanol–water partition coefficient (Wildman–Crippen LogP) is 2.32. The van der Waals surface area contributed by atoms with E-state index in [2.05, 4.69) is 15.0 Å². The van der Waals surface area contributed by atoms with E-state index in [0.29, 0.717) is 24.5 Å². The van der Waals surface area contributed by atoms with Crippen LogP contribution in [0.3, 0.4) is 0 Å². The van der Waals surface area contributed by atoms with Crippen molar-refractivity contribution in [1.82, 2.24) is 19.9 Å². The lowest BCUT2D eigenvalue weighted by molar-refractivity contribution is 0.0771. The number of amides is 1. The Morgan fingerprint density at radius 2 is 1.92 bits per heavy atom. The molecule has 0 aliphatic carbocycles. The third-order valence-corrected chi connectivity index (χ3v) is 4.07. The first-order valence-corrected chi connectivity index (χ1v) is 7.87. The molecule has 3 aromatic rings. The summed E-state index contributed by atoms with van der Waals surface area (Å²) in [5.74, 6) is 0.590. The van der Waals surface area contributed by atoms with Crippen molar-refractivity contribution in [3.63, 3.8) is 0 Å². The van der Waals surface area contributed by atoms with Gasteiger partial charge in [0.05, 0.1) is 17.6 Å². The van der Waals surface area contributed by atoms with Gasteiger partial charge >= 0.3 is 0 Å². The molecule has 120 valence electrons. The zero-order valence-corrected chi connectivity index (χ0v) is 13.0. The first kappa shape index (κ1) is 14.6. The highest BCUT2D eigenvalue weighted by atomic mass is 16.5. The van der Waals surface area contributed by atoms with Crippen LogP contribution in [-0.2, 0) is 0 Å². The van der Waals surface area contributed by atoms with Crippen molar-refractivity contribution >= 4 is 16.9 Å². The summed E-state index contributed by atoms with van der Waals surface area (Å²) in [6, 6.07) is 11.0. The molecule has 6 nitrogen and oxygen atoms in total. The van der Waals surface area contributed by atoms with Crippen LogP contribution in [0.1, 0.15) is 16.8 Å². The molecule has 2 aromatic heterocycles. The van der Waals surface area contributed by atoms with E-state index in [1.54, 1.807) is 30.7 Å². The van der Waals surface area contributed by atoms with Gasteiger partial charge in [0.25, 0.3) is 5.91 Å². The van der Waals surface area contributed by atoms with Gasteiger partial charge in [-0.05, 0) is 24.3 Å². The summed E-state index contributed by atoms with van der Waals surface area (Å²) < 4.78 is 5.83. The third kappa shape index (κ3) is 2.90. The van der Waals surface area contributed by atoms with E-state index in [-0.39, 0.29) is 12.0 Å². The molecular weight excluding hydrogens is 304 g/mol. The normalized spacial score (nSPS) is 17.2. The molecule has 1 fully saturated rings. The SMILES string of the molecule is O=C(c1ccc2nccnc2c1)N1CC[C@H](Oc2ccccn2)C1. The van der Waals surface area contributed by atoms with E-state index in [4.69, 9.17) is 4.74 Å². The molecular formula is C18H16N4O2. The van der Waals surface area contributed by atoms with Crippen LogP contribution in [0.4, 0.5) is 0 Å². The van der Waals surface area contributed by atoms with Gasteiger partial charge in [-0.3, -0.25) is 14.8 Å². The minimum Gasteiger partial charge on any atom is -0.472 e. The van der Waals surface area contributed by atoms with E-state index >= 15 is 0 Å². The Balaban J connectivity index is 1.46. The van der Waals surface area contributed by atoms with Crippen LogP contribution in [0.2, 0.25) is 0 Å². The fourth-order valence-corrected chi connectivity index (χ4v) is 2.88. The molecule has 24 heavy (non-hydrogen) atoms. The highest BCUT2D eigenvalue weighted by Crippen LogP contribution is 2.19. The molecule has 1 atom stereocenters. The smallest absolute Gasteiger partial charge is 0.254 e. The van der Waals surface area contributed by atoms with Gasteiger partial charge in [0.1, 0.15) is 6.10 Å². The second-order valence-electron chi connectivity index (χ2n) is 5.71. The molecule has 1 saturated heterocycles. The molecule has 0 unspecified atom stereocenters. The molecule has 3 heterocycles. The highest BCUT2D eigenvalue weighted by Gasteiger charge is 2.28. The summed E-state index contributed by atoms with van der Waals surface area (Å²) >= 11 is 0. The summed E-state index contributed by atoms with van der Waals surface area (Å²) in [5, 5.41) is 0. The number of carbonyl (C=O) groups excluding carboxylic acids is 1. The number of likely N-dealkylation sites (tertiary alicyclic amines) is 1. The van der Waals surface area contributed by atoms with Crippen molar-refractivity contribution in [2.24, 2.45) is 0 Å². The Morgan fingerprint density at radius 3 is 2.75 bits per heavy atom. The van der Waals surface area contributed by atoms with Gasteiger partial charge in [0.2, 0.25) is 5.88 Å². The maximum absolute atomic E-state index is 12.7. The van der Waals surface area contributed by atoms with Crippen molar-refractivity contribution in [3.05, 3.63) is 60.6 Å². The van der Waals surface area contributed by atoms with E-state index < -0.39 is 0 Å². The zero-order valence-electron chi connectivity index (χ0n) is 13.0. The van der Waals surface area contributed by atoms with Crippen LogP contribution in [-0.4, -0.2) is 45.0 Å². The number of pyridine rings is 1. The minimum absolute atomic E-state index is 0.00493. The molecule has 1 aromatic carbocycles. The van der Waals surface area contributed by atoms with Crippen LogP contribution < -0.4 is 4.74 Å². The molecule has 0 saturated carbocycles. The van der Waals surface area contributed by atoms with Gasteiger partial charge in [0.15, 0.2) is 0 Å². The zero-order chi connectivity index (χ0) is 16.4. The van der Waals surface area contributed by atoms with Crippen molar-refractivity contribution in [2.45, 2.75) is 12.5 Å². The Labute approximate surface area is 139 Å². The predicted molar refractivity (Wildman–Crippen MR) is 88.7 cm³/mol. The average molecular weight is 320 g/mol. The Bertz CT molecular complexity index is 869. The van der Waals surface area contributed by atoms with Gasteiger partial charge < -0.3 is 9.64 Å². The van der Waals surface area contributed by atoms with Crippen molar-refractivity contribution in [1.29, 1.82) is 0 Å². The molecule has 4 rings (SSSR count). The molecule has 6 heteroatoms. The topological polar surface area (TPSA) is 68.2 Å². The molecule has 0 bridgehead atoms. The molecule has 1 aliphatic rings. The van der Waals surface area contributed by atoms with Crippen LogP contribution >= 0.6 is 0 Å². The third-order valence-electron chi connectivity index (χ3n) is 4.07. The summed E-state index contributed by atoms with van der Waals surface area (Å²) in [7, 11) is 0. The molecule has 1 aliphatic heterocycles. The number of hydrogen-bond acceptors (Lipinski definition) is 5. The number of hydrogen-bond donors (Lipinski definition) is 0. The fourth-order valence-electron chi connectivity index (χ4n) is 2.88. The van der Waals surface area contributed by atoms with Crippen molar-refractivity contribution in [3.8, 4) is 5.88 Å². The van der Waals surface area contributed by atoms with Crippen molar-refractivity contribution in [2.75, 3.05) is 13.1 Å². The quantitative estimate of drug-likeness (QED) is 0.741. The van der Waals surface area contributed by atoms with Crippen molar-refractivity contribution < 1.29 is 9.53 Å². The number of fused-ring (bicyclic) bond motifs is 1. The van der Waals surface area contributed by atoms with E-state index in [1.807, 2.05) is 29.2 Å². The summed E-state index contributed by atoms with van der Waals surface area (Å²) in [6.45, 7) is 1.24. The number of carbonyl (C=O) groups is 1. The lowest BCUT2D eigenvalue weighted by Crippen LogP contribution is -2.31. The number of nitrogens with zero attached hydrogens (tertiary/aromatic N) is 4. The Hall–Kier alpha value is -3.02. The minimum atomic E-state index is -0.0240. The number of ether oxygens (including phenoxy) is 1. The lowest BCUT2D eigenvalue weighted by atomic mass is 10.1. The van der Waals surface area contributed by atoms with E-state index in [0.717, 1.165) is 17.5 Å². The maximum Gasteiger partial charge on any atom is 0.254 e. The van der Waals surface area contributed by atoms with E-state index in [9.17, 15) is 4.79 Å². The van der Waals surface area contributed by atoms with Crippen LogP contribution in [0.15, 0.2) is 55.0 Å². The van der Waals surface area contributed by atoms with Crippen LogP contribution in [0, 0.1) is 0 Å². The summed E-state index contributed by atoms with van der Waals surface area (Å²) in [4.78, 5) is 27.1. The average Bonchev–Trinajstić information content (AvgIpc) is 3.10. The molecule has 0 spiro atoms. The highest BCUT2D eigenvalue weighted by molar-refractivity contribution is 5.97. The first-order valence-electron chi connectivity index (χ1n) is 7.87. The van der Waals surface area contributed by atoms with E-state index in [1.165, 1.54) is 0 Å². The summed E-state index contributed by atoms with van der Waals surface area (Å²) in [6.07, 6.45) is 5.75. The number of benzene rings is 1. The lowest BCUT2D eigenvalue weighted by Gasteiger charge is -2.17. The second kappa shape index (κ2) is 6.23. The van der Waals surface area contributed by atoms with Gasteiger partial charge in [-0.1, -0.05) is 6.07 Å². The molecule has 1 amide bonds. The number of aromatic nitrogens is 3. The van der Waals surface area contributed by atoms with Crippen LogP contribution in [0.25, 0.3) is 11.0 Å². The monoisotopic (exact) mass is 320 g/mol. The van der Waals surface area contributed by atoms with Gasteiger partial charge in [0, 0.05) is 43.2 Å². The van der Waals surface area contributed by atoms with Gasteiger partial charge in [-0.25, -0.2) is 4.98 Å². The van der Waals surface area contributed by atoms with Gasteiger partial charge in [-0.15, -0.1) is 0 Å². The Morgan fingerprint density at radius 1 is 1.04 bits per heavy atom. The summed E-state index contributed by atoms with van der Waals surface area (Å²) in [5.41, 5.74) is 2.14. The Kier molecular flexibility index (Phi) is 3.78. The van der Waals surface area contributed by atoms with Gasteiger partial charge in [-0.2, -0.15) is 0 Å². The second-order valence-corrected chi connectivity index (χ2v) is 5.71.